The van der Waals surface area contributed by atoms with E-state index in [2.05, 4.69) is 15.6 Å². The molecule has 3 aromatic carbocycles. The molecular weight excluding hydrogens is 478 g/mol. The van der Waals surface area contributed by atoms with Crippen LogP contribution in [0.15, 0.2) is 91.1 Å². The molecule has 2 unspecified atom stereocenters. The summed E-state index contributed by atoms with van der Waals surface area (Å²) in [4.78, 5) is 41.8. The lowest BCUT2D eigenvalue weighted by Gasteiger charge is -2.23. The monoisotopic (exact) mass is 511 g/mol. The number of anilines is 1. The number of rotatable bonds is 13. The number of hydrogen-bond donors (Lipinski definition) is 3. The first-order valence-corrected chi connectivity index (χ1v) is 12.9. The first-order valence-electron chi connectivity index (χ1n) is 12.9. The second kappa shape index (κ2) is 13.2. The maximum atomic E-state index is 13.5. The number of Topliss-reactive ketones (excluding diaryl/α,β-unsaturated/α-hetero) is 1. The van der Waals surface area contributed by atoms with Crippen molar-refractivity contribution < 1.29 is 19.1 Å². The molecule has 0 radical (unpaired) electrons. The quantitative estimate of drug-likeness (QED) is 0.129. The van der Waals surface area contributed by atoms with Gasteiger partial charge < -0.3 is 20.4 Å². The lowest BCUT2D eigenvalue weighted by molar-refractivity contribution is -0.145. The highest BCUT2D eigenvalue weighted by Gasteiger charge is 2.27. The summed E-state index contributed by atoms with van der Waals surface area (Å²) >= 11 is 0. The fourth-order valence-corrected chi connectivity index (χ4v) is 4.54. The number of carbonyl (C=O) groups is 3. The lowest BCUT2D eigenvalue weighted by atomic mass is 10.0. The third-order valence-corrected chi connectivity index (χ3v) is 6.57. The van der Waals surface area contributed by atoms with E-state index in [1.165, 1.54) is 7.11 Å². The molecular formula is C31H33N3O4. The van der Waals surface area contributed by atoms with E-state index in [9.17, 15) is 14.4 Å². The predicted octanol–water partition coefficient (Wildman–Crippen LogP) is 5.29. The van der Waals surface area contributed by atoms with Gasteiger partial charge >= 0.3 is 5.97 Å². The number of fused-ring (bicyclic) bond motifs is 1. The van der Waals surface area contributed by atoms with Crippen LogP contribution in [0.5, 0.6) is 0 Å². The number of ether oxygens (including phenoxy) is 1. The van der Waals surface area contributed by atoms with E-state index >= 15 is 0 Å². The third kappa shape index (κ3) is 7.09. The summed E-state index contributed by atoms with van der Waals surface area (Å²) in [5.41, 5.74) is 3.39. The van der Waals surface area contributed by atoms with Crippen LogP contribution in [0.4, 0.5) is 5.69 Å². The highest BCUT2D eigenvalue weighted by atomic mass is 16.5. The standard InChI is InChI=1S/C31H33N3O4/c1-38-31(37)28(20-23-21-32-26-17-9-8-16-25(23)26)34-30(36)27(33-24-14-6-3-7-15-24)18-10-11-19-29(35)22-12-4-2-5-13-22/h2-9,12-17,21,27-28,32-33H,10-11,18-20H2,1H3,(H,34,36). The van der Waals surface area contributed by atoms with Gasteiger partial charge in [-0.3, -0.25) is 9.59 Å². The maximum absolute atomic E-state index is 13.5. The molecule has 3 N–H and O–H groups in total. The molecule has 1 heterocycles. The van der Waals surface area contributed by atoms with Gasteiger partial charge in [0.2, 0.25) is 5.91 Å². The number of aromatic amines is 1. The minimum absolute atomic E-state index is 0.0899. The van der Waals surface area contributed by atoms with Crippen LogP contribution in [0.25, 0.3) is 10.9 Å². The molecule has 0 aliphatic carbocycles. The van der Waals surface area contributed by atoms with E-state index in [-0.39, 0.29) is 11.7 Å². The first kappa shape index (κ1) is 26.7. The second-order valence-corrected chi connectivity index (χ2v) is 9.25. The smallest absolute Gasteiger partial charge is 0.328 e. The van der Waals surface area contributed by atoms with Gasteiger partial charge in [0, 0.05) is 41.2 Å². The van der Waals surface area contributed by atoms with E-state index in [0.29, 0.717) is 37.7 Å². The van der Waals surface area contributed by atoms with Crippen molar-refractivity contribution in [2.75, 3.05) is 12.4 Å². The molecule has 0 saturated heterocycles. The van der Waals surface area contributed by atoms with Crippen LogP contribution in [-0.4, -0.2) is 41.8 Å². The normalized spacial score (nSPS) is 12.4. The highest BCUT2D eigenvalue weighted by Crippen LogP contribution is 2.20. The Kier molecular flexibility index (Phi) is 9.29. The van der Waals surface area contributed by atoms with Crippen LogP contribution in [0, 0.1) is 0 Å². The number of carbonyl (C=O) groups excluding carboxylic acids is 3. The van der Waals surface area contributed by atoms with Gasteiger partial charge in [0.25, 0.3) is 0 Å². The van der Waals surface area contributed by atoms with Gasteiger partial charge in [-0.25, -0.2) is 4.79 Å². The van der Waals surface area contributed by atoms with Gasteiger partial charge in [-0.2, -0.15) is 0 Å². The SMILES string of the molecule is COC(=O)C(Cc1c[nH]c2ccccc12)NC(=O)C(CCCCC(=O)c1ccccc1)Nc1ccccc1. The van der Waals surface area contributed by atoms with Gasteiger partial charge in [-0.15, -0.1) is 0 Å². The molecule has 196 valence electrons. The van der Waals surface area contributed by atoms with Crippen LogP contribution in [0.2, 0.25) is 0 Å². The average molecular weight is 512 g/mol. The maximum Gasteiger partial charge on any atom is 0.328 e. The van der Waals surface area contributed by atoms with Gasteiger partial charge in [0.15, 0.2) is 5.78 Å². The molecule has 1 amide bonds. The zero-order chi connectivity index (χ0) is 26.7. The molecule has 0 fully saturated rings. The number of esters is 1. The van der Waals surface area contributed by atoms with Crippen molar-refractivity contribution in [3.8, 4) is 0 Å². The summed E-state index contributed by atoms with van der Waals surface area (Å²) in [6, 6.07) is 25.1. The predicted molar refractivity (Wildman–Crippen MR) is 149 cm³/mol. The minimum atomic E-state index is -0.841. The van der Waals surface area contributed by atoms with E-state index < -0.39 is 18.1 Å². The van der Waals surface area contributed by atoms with E-state index in [0.717, 1.165) is 22.2 Å². The summed E-state index contributed by atoms with van der Waals surface area (Å²) in [6.07, 6.45) is 4.40. The van der Waals surface area contributed by atoms with Gasteiger partial charge in [-0.05, 0) is 36.6 Å². The third-order valence-electron chi connectivity index (χ3n) is 6.57. The Morgan fingerprint density at radius 3 is 2.26 bits per heavy atom. The van der Waals surface area contributed by atoms with E-state index in [1.54, 1.807) is 0 Å². The number of unbranched alkanes of at least 4 members (excludes halogenated alkanes) is 1. The molecule has 0 spiro atoms. The van der Waals surface area contributed by atoms with Gasteiger partial charge in [-0.1, -0.05) is 73.2 Å². The van der Waals surface area contributed by atoms with Crippen molar-refractivity contribution in [2.45, 2.75) is 44.2 Å². The Morgan fingerprint density at radius 1 is 0.842 bits per heavy atom. The molecule has 4 aromatic rings. The fraction of sp³-hybridized carbons (Fsp3) is 0.258. The van der Waals surface area contributed by atoms with E-state index in [1.807, 2.05) is 91.1 Å². The Balaban J connectivity index is 1.42. The summed E-state index contributed by atoms with van der Waals surface area (Å²) < 4.78 is 5.02. The summed E-state index contributed by atoms with van der Waals surface area (Å²) in [7, 11) is 1.32. The lowest BCUT2D eigenvalue weighted by Crippen LogP contribution is -2.49. The van der Waals surface area contributed by atoms with Crippen LogP contribution in [0.1, 0.15) is 41.6 Å². The van der Waals surface area contributed by atoms with Crippen molar-refractivity contribution >= 4 is 34.3 Å². The van der Waals surface area contributed by atoms with Crippen LogP contribution in [-0.2, 0) is 20.7 Å². The topological polar surface area (TPSA) is 100 Å². The van der Waals surface area contributed by atoms with Crippen LogP contribution in [0.3, 0.4) is 0 Å². The summed E-state index contributed by atoms with van der Waals surface area (Å²) in [5, 5.41) is 7.20. The van der Waals surface area contributed by atoms with Crippen molar-refractivity contribution in [2.24, 2.45) is 0 Å². The molecule has 0 saturated carbocycles. The molecule has 7 heteroatoms. The summed E-state index contributed by atoms with van der Waals surface area (Å²) in [5.74, 6) is -0.707. The van der Waals surface area contributed by atoms with Crippen molar-refractivity contribution in [1.29, 1.82) is 0 Å². The number of aromatic nitrogens is 1. The largest absolute Gasteiger partial charge is 0.467 e. The zero-order valence-electron chi connectivity index (χ0n) is 21.5. The Bertz CT molecular complexity index is 1350. The van der Waals surface area contributed by atoms with Crippen molar-refractivity contribution in [3.05, 3.63) is 102 Å². The molecule has 4 rings (SSSR count). The molecule has 38 heavy (non-hydrogen) atoms. The van der Waals surface area contributed by atoms with Gasteiger partial charge in [0.1, 0.15) is 12.1 Å². The van der Waals surface area contributed by atoms with Crippen molar-refractivity contribution in [1.82, 2.24) is 10.3 Å². The zero-order valence-corrected chi connectivity index (χ0v) is 21.5. The number of amides is 1. The Hall–Kier alpha value is -4.39. The summed E-state index contributed by atoms with van der Waals surface area (Å²) in [6.45, 7) is 0. The number of para-hydroxylation sites is 2. The molecule has 0 aliphatic rings. The molecule has 0 aliphatic heterocycles. The van der Waals surface area contributed by atoms with Crippen LogP contribution >= 0.6 is 0 Å². The molecule has 0 bridgehead atoms. The Morgan fingerprint density at radius 2 is 1.53 bits per heavy atom. The molecule has 2 atom stereocenters. The number of nitrogens with one attached hydrogen (secondary N) is 3. The highest BCUT2D eigenvalue weighted by molar-refractivity contribution is 5.96. The van der Waals surface area contributed by atoms with Gasteiger partial charge in [0.05, 0.1) is 7.11 Å². The fourth-order valence-electron chi connectivity index (χ4n) is 4.54. The number of ketones is 1. The number of H-pyrrole nitrogens is 1. The minimum Gasteiger partial charge on any atom is -0.467 e. The second-order valence-electron chi connectivity index (χ2n) is 9.25. The number of benzene rings is 3. The molecule has 7 nitrogen and oxygen atoms in total. The van der Waals surface area contributed by atoms with Crippen molar-refractivity contribution in [3.63, 3.8) is 0 Å². The van der Waals surface area contributed by atoms with E-state index in [4.69, 9.17) is 4.74 Å². The number of methoxy groups -OCH3 is 1. The number of hydrogen-bond acceptors (Lipinski definition) is 5. The van der Waals surface area contributed by atoms with Crippen LogP contribution < -0.4 is 10.6 Å². The Labute approximate surface area is 222 Å². The average Bonchev–Trinajstić information content (AvgIpc) is 3.37. The first-order chi connectivity index (χ1) is 18.5. The molecule has 1 aromatic heterocycles.